The van der Waals surface area contributed by atoms with E-state index in [9.17, 15) is 4.79 Å². The Labute approximate surface area is 92.6 Å². The molecule has 0 aliphatic carbocycles. The fourth-order valence-electron chi connectivity index (χ4n) is 1.12. The summed E-state index contributed by atoms with van der Waals surface area (Å²) < 4.78 is 0. The third-order valence-corrected chi connectivity index (χ3v) is 3.08. The van der Waals surface area contributed by atoms with Crippen LogP contribution in [0.25, 0.3) is 0 Å². The number of carbonyl (C=O) groups excluding carboxylic acids is 1. The molecule has 0 aromatic heterocycles. The first kappa shape index (κ1) is 11.9. The van der Waals surface area contributed by atoms with E-state index in [1.807, 2.05) is 6.92 Å². The number of carbonyl (C=O) groups is 1. The molecule has 0 heterocycles. The zero-order chi connectivity index (χ0) is 11.4. The highest BCUT2D eigenvalue weighted by atomic mass is 32.2. The molecule has 0 saturated heterocycles. The van der Waals surface area contributed by atoms with E-state index in [1.165, 1.54) is 11.8 Å². The number of nitrogens with two attached hydrogens (primary N) is 2. The number of nitrogen functional groups attached to an aromatic ring is 1. The van der Waals surface area contributed by atoms with Crippen molar-refractivity contribution in [1.29, 1.82) is 0 Å². The number of rotatable bonds is 4. The third kappa shape index (κ3) is 2.87. The Hall–Kier alpha value is -1.20. The van der Waals surface area contributed by atoms with Crippen molar-refractivity contribution in [2.24, 2.45) is 5.73 Å². The first-order valence-corrected chi connectivity index (χ1v) is 5.40. The van der Waals surface area contributed by atoms with E-state index in [1.54, 1.807) is 18.2 Å². The van der Waals surface area contributed by atoms with Gasteiger partial charge in [-0.3, -0.25) is 4.79 Å². The molecule has 4 nitrogen and oxygen atoms in total. The number of thioether (sulfide) groups is 1. The summed E-state index contributed by atoms with van der Waals surface area (Å²) in [5, 5.41) is 8.95. The molecule has 0 fully saturated rings. The highest BCUT2D eigenvalue weighted by Crippen LogP contribution is 2.30. The number of anilines is 1. The Balaban J connectivity index is 2.99. The number of amides is 1. The molecule has 1 unspecified atom stereocenters. The quantitative estimate of drug-likeness (QED) is 0.524. The maximum atomic E-state index is 11.0. The number of hydrogen-bond donors (Lipinski definition) is 3. The van der Waals surface area contributed by atoms with Crippen molar-refractivity contribution >= 4 is 23.4 Å². The van der Waals surface area contributed by atoms with Gasteiger partial charge in [0.2, 0.25) is 0 Å². The van der Waals surface area contributed by atoms with Crippen LogP contribution >= 0.6 is 11.8 Å². The lowest BCUT2D eigenvalue weighted by Crippen LogP contribution is -2.14. The predicted molar refractivity (Wildman–Crippen MR) is 61.8 cm³/mol. The summed E-state index contributed by atoms with van der Waals surface area (Å²) in [7, 11) is 0. The zero-order valence-corrected chi connectivity index (χ0v) is 9.25. The van der Waals surface area contributed by atoms with Crippen LogP contribution in [0.3, 0.4) is 0 Å². The fraction of sp³-hybridized carbons (Fsp3) is 0.300. The second kappa shape index (κ2) is 5.04. The number of para-hydroxylation sites is 1. The minimum absolute atomic E-state index is 0.0374. The maximum absolute atomic E-state index is 11.0. The van der Waals surface area contributed by atoms with Gasteiger partial charge in [0, 0.05) is 10.1 Å². The molecule has 15 heavy (non-hydrogen) atoms. The predicted octanol–water partition coefficient (Wildman–Crippen LogP) is 0.841. The lowest BCUT2D eigenvalue weighted by Gasteiger charge is -2.11. The first-order valence-electron chi connectivity index (χ1n) is 4.52. The molecule has 0 spiro atoms. The van der Waals surface area contributed by atoms with E-state index < -0.39 is 5.91 Å². The molecule has 0 bridgehead atoms. The van der Waals surface area contributed by atoms with Crippen LogP contribution in [-0.4, -0.2) is 22.9 Å². The molecule has 5 N–H and O–H groups in total. The molecule has 1 atom stereocenters. The van der Waals surface area contributed by atoms with Crippen LogP contribution in [0.1, 0.15) is 17.3 Å². The molecule has 1 aromatic carbocycles. The minimum Gasteiger partial charge on any atom is -0.397 e. The van der Waals surface area contributed by atoms with Crippen molar-refractivity contribution < 1.29 is 9.90 Å². The SMILES string of the molecule is CC(CO)Sc1cccc(C(N)=O)c1N. The number of aliphatic hydroxyl groups is 1. The topological polar surface area (TPSA) is 89.3 Å². The first-order chi connectivity index (χ1) is 7.06. The number of aliphatic hydroxyl groups excluding tert-OH is 1. The van der Waals surface area contributed by atoms with E-state index in [2.05, 4.69) is 0 Å². The molecule has 0 saturated carbocycles. The van der Waals surface area contributed by atoms with Crippen LogP contribution in [0.15, 0.2) is 23.1 Å². The highest BCUT2D eigenvalue weighted by Gasteiger charge is 2.11. The second-order valence-corrected chi connectivity index (χ2v) is 4.67. The van der Waals surface area contributed by atoms with Gasteiger partial charge in [-0.1, -0.05) is 13.0 Å². The van der Waals surface area contributed by atoms with Gasteiger partial charge in [0.1, 0.15) is 0 Å². The molecular formula is C10H14N2O2S. The number of benzene rings is 1. The minimum atomic E-state index is -0.536. The molecule has 1 amide bonds. The number of primary amides is 1. The standard InChI is InChI=1S/C10H14N2O2S/c1-6(5-13)15-8-4-2-3-7(9(8)11)10(12)14/h2-4,6,13H,5,11H2,1H3,(H2,12,14). The largest absolute Gasteiger partial charge is 0.397 e. The zero-order valence-electron chi connectivity index (χ0n) is 8.43. The van der Waals surface area contributed by atoms with Crippen molar-refractivity contribution in [3.63, 3.8) is 0 Å². The molecule has 82 valence electrons. The van der Waals surface area contributed by atoms with E-state index in [-0.39, 0.29) is 11.9 Å². The summed E-state index contributed by atoms with van der Waals surface area (Å²) in [6, 6.07) is 5.12. The molecule has 1 aromatic rings. The van der Waals surface area contributed by atoms with Gasteiger partial charge in [-0.15, -0.1) is 11.8 Å². The Morgan fingerprint density at radius 2 is 2.27 bits per heavy atom. The summed E-state index contributed by atoms with van der Waals surface area (Å²) in [6.07, 6.45) is 0. The summed E-state index contributed by atoms with van der Waals surface area (Å²) in [4.78, 5) is 11.8. The van der Waals surface area contributed by atoms with Crippen LogP contribution in [0.2, 0.25) is 0 Å². The van der Waals surface area contributed by atoms with Crippen molar-refractivity contribution in [3.8, 4) is 0 Å². The van der Waals surface area contributed by atoms with Crippen molar-refractivity contribution in [2.45, 2.75) is 17.1 Å². The van der Waals surface area contributed by atoms with Gasteiger partial charge in [-0.25, -0.2) is 0 Å². The molecule has 0 aliphatic heterocycles. The Morgan fingerprint density at radius 1 is 1.60 bits per heavy atom. The average molecular weight is 226 g/mol. The molecule has 5 heteroatoms. The van der Waals surface area contributed by atoms with Gasteiger partial charge in [-0.2, -0.15) is 0 Å². The van der Waals surface area contributed by atoms with Gasteiger partial charge in [0.25, 0.3) is 5.91 Å². The fourth-order valence-corrected chi connectivity index (χ4v) is 2.02. The van der Waals surface area contributed by atoms with Crippen LogP contribution < -0.4 is 11.5 Å². The summed E-state index contributed by atoms with van der Waals surface area (Å²) in [6.45, 7) is 1.94. The summed E-state index contributed by atoms with van der Waals surface area (Å²) in [5.74, 6) is -0.536. The third-order valence-electron chi connectivity index (χ3n) is 1.92. The van der Waals surface area contributed by atoms with Crippen LogP contribution in [0.5, 0.6) is 0 Å². The second-order valence-electron chi connectivity index (χ2n) is 3.19. The van der Waals surface area contributed by atoms with Gasteiger partial charge < -0.3 is 16.6 Å². The van der Waals surface area contributed by atoms with Crippen LogP contribution in [-0.2, 0) is 0 Å². The van der Waals surface area contributed by atoms with Gasteiger partial charge in [0.15, 0.2) is 0 Å². The van der Waals surface area contributed by atoms with E-state index in [0.717, 1.165) is 4.90 Å². The van der Waals surface area contributed by atoms with Crippen molar-refractivity contribution in [2.75, 3.05) is 12.3 Å². The monoisotopic (exact) mass is 226 g/mol. The lowest BCUT2D eigenvalue weighted by atomic mass is 10.2. The smallest absolute Gasteiger partial charge is 0.250 e. The van der Waals surface area contributed by atoms with Gasteiger partial charge in [0.05, 0.1) is 17.9 Å². The van der Waals surface area contributed by atoms with E-state index >= 15 is 0 Å². The van der Waals surface area contributed by atoms with Crippen LogP contribution in [0.4, 0.5) is 5.69 Å². The Bertz CT molecular complexity index is 368. The van der Waals surface area contributed by atoms with E-state index in [4.69, 9.17) is 16.6 Å². The molecular weight excluding hydrogens is 212 g/mol. The normalized spacial score (nSPS) is 12.4. The van der Waals surface area contributed by atoms with Crippen LogP contribution in [0, 0.1) is 0 Å². The highest BCUT2D eigenvalue weighted by molar-refractivity contribution is 8.00. The molecule has 0 radical (unpaired) electrons. The average Bonchev–Trinajstić information content (AvgIpc) is 2.20. The Kier molecular flexibility index (Phi) is 3.99. The van der Waals surface area contributed by atoms with Gasteiger partial charge in [-0.05, 0) is 12.1 Å². The number of hydrogen-bond acceptors (Lipinski definition) is 4. The maximum Gasteiger partial charge on any atom is 0.250 e. The summed E-state index contributed by atoms with van der Waals surface area (Å²) >= 11 is 1.42. The Morgan fingerprint density at radius 3 is 2.80 bits per heavy atom. The van der Waals surface area contributed by atoms with Crippen molar-refractivity contribution in [3.05, 3.63) is 23.8 Å². The van der Waals surface area contributed by atoms with Crippen molar-refractivity contribution in [1.82, 2.24) is 0 Å². The lowest BCUT2D eigenvalue weighted by molar-refractivity contribution is 0.100. The summed E-state index contributed by atoms with van der Waals surface area (Å²) in [5.41, 5.74) is 11.7. The van der Waals surface area contributed by atoms with E-state index in [0.29, 0.717) is 11.3 Å². The van der Waals surface area contributed by atoms with Gasteiger partial charge >= 0.3 is 0 Å². The molecule has 0 aliphatic rings. The molecule has 1 rings (SSSR count).